The van der Waals surface area contributed by atoms with E-state index in [1.165, 1.54) is 4.31 Å². The first kappa shape index (κ1) is 22.5. The largest absolute Gasteiger partial charge is 0.350 e. The Bertz CT molecular complexity index is 849. The summed E-state index contributed by atoms with van der Waals surface area (Å²) in [7, 11) is -3.46. The lowest BCUT2D eigenvalue weighted by molar-refractivity contribution is -0.121. The molecular formula is C21H28N2O3S2. The molecule has 0 spiro atoms. The van der Waals surface area contributed by atoms with E-state index in [0.717, 1.165) is 10.5 Å². The lowest BCUT2D eigenvalue weighted by Gasteiger charge is -2.19. The number of benzene rings is 2. The second kappa shape index (κ2) is 10.6. The first-order valence-electron chi connectivity index (χ1n) is 9.45. The Balaban J connectivity index is 1.90. The van der Waals surface area contributed by atoms with Crippen LogP contribution in [-0.2, 0) is 14.8 Å². The minimum Gasteiger partial charge on any atom is -0.350 e. The smallest absolute Gasteiger partial charge is 0.243 e. The van der Waals surface area contributed by atoms with Crippen LogP contribution in [0.2, 0.25) is 0 Å². The lowest BCUT2D eigenvalue weighted by atomic mass is 10.1. The van der Waals surface area contributed by atoms with Gasteiger partial charge in [-0.05, 0) is 36.8 Å². The molecule has 1 unspecified atom stereocenters. The summed E-state index contributed by atoms with van der Waals surface area (Å²) in [5, 5.41) is 2.97. The van der Waals surface area contributed by atoms with Crippen LogP contribution in [0.5, 0.6) is 0 Å². The second-order valence-corrected chi connectivity index (χ2v) is 9.47. The molecule has 7 heteroatoms. The van der Waals surface area contributed by atoms with Gasteiger partial charge in [0.15, 0.2) is 0 Å². The summed E-state index contributed by atoms with van der Waals surface area (Å²) in [5.74, 6) is 0.694. The van der Waals surface area contributed by atoms with Crippen LogP contribution in [0.3, 0.4) is 0 Å². The lowest BCUT2D eigenvalue weighted by Crippen LogP contribution is -2.30. The van der Waals surface area contributed by atoms with Gasteiger partial charge in [0.2, 0.25) is 15.9 Å². The number of thioether (sulfide) groups is 1. The van der Waals surface area contributed by atoms with E-state index in [9.17, 15) is 13.2 Å². The molecule has 0 aliphatic rings. The Morgan fingerprint density at radius 3 is 2.21 bits per heavy atom. The number of carbonyl (C=O) groups excluding carboxylic acids is 1. The van der Waals surface area contributed by atoms with Crippen LogP contribution in [0.15, 0.2) is 64.4 Å². The minimum absolute atomic E-state index is 0.0178. The third-order valence-corrected chi connectivity index (χ3v) is 7.52. The molecule has 2 aromatic carbocycles. The number of hydrogen-bond donors (Lipinski definition) is 1. The summed E-state index contributed by atoms with van der Waals surface area (Å²) in [6.07, 6.45) is 0.429. The van der Waals surface area contributed by atoms with Crippen molar-refractivity contribution in [1.29, 1.82) is 0 Å². The van der Waals surface area contributed by atoms with Crippen molar-refractivity contribution in [2.45, 2.75) is 43.0 Å². The molecule has 0 aromatic heterocycles. The Morgan fingerprint density at radius 1 is 1.04 bits per heavy atom. The zero-order chi connectivity index (χ0) is 20.6. The van der Waals surface area contributed by atoms with Crippen molar-refractivity contribution in [2.75, 3.05) is 18.8 Å². The van der Waals surface area contributed by atoms with E-state index >= 15 is 0 Å². The zero-order valence-corrected chi connectivity index (χ0v) is 18.2. The van der Waals surface area contributed by atoms with Crippen LogP contribution in [0.25, 0.3) is 0 Å². The molecule has 28 heavy (non-hydrogen) atoms. The van der Waals surface area contributed by atoms with Gasteiger partial charge in [-0.1, -0.05) is 44.2 Å². The molecule has 5 nitrogen and oxygen atoms in total. The van der Waals surface area contributed by atoms with Gasteiger partial charge in [0.1, 0.15) is 0 Å². The molecule has 0 saturated heterocycles. The second-order valence-electron chi connectivity index (χ2n) is 6.36. The Morgan fingerprint density at radius 2 is 1.64 bits per heavy atom. The highest BCUT2D eigenvalue weighted by molar-refractivity contribution is 7.99. The Kier molecular flexibility index (Phi) is 8.54. The van der Waals surface area contributed by atoms with E-state index in [-0.39, 0.29) is 16.8 Å². The van der Waals surface area contributed by atoms with Crippen molar-refractivity contribution >= 4 is 27.7 Å². The van der Waals surface area contributed by atoms with Crippen LogP contribution < -0.4 is 5.32 Å². The zero-order valence-electron chi connectivity index (χ0n) is 16.6. The molecule has 0 aliphatic carbocycles. The maximum atomic E-state index is 12.5. The van der Waals surface area contributed by atoms with E-state index in [2.05, 4.69) is 5.32 Å². The monoisotopic (exact) mass is 420 g/mol. The molecule has 0 bridgehead atoms. The molecule has 0 radical (unpaired) electrons. The molecule has 152 valence electrons. The molecule has 0 fully saturated rings. The van der Waals surface area contributed by atoms with Gasteiger partial charge in [-0.2, -0.15) is 4.31 Å². The van der Waals surface area contributed by atoms with E-state index < -0.39 is 10.0 Å². The quantitative estimate of drug-likeness (QED) is 0.588. The maximum Gasteiger partial charge on any atom is 0.243 e. The summed E-state index contributed by atoms with van der Waals surface area (Å²) in [6, 6.07) is 16.5. The normalized spacial score (nSPS) is 12.7. The molecular weight excluding hydrogens is 392 g/mol. The van der Waals surface area contributed by atoms with Gasteiger partial charge in [0, 0.05) is 30.2 Å². The van der Waals surface area contributed by atoms with Gasteiger partial charge in [-0.15, -0.1) is 11.8 Å². The van der Waals surface area contributed by atoms with E-state index in [0.29, 0.717) is 25.3 Å². The van der Waals surface area contributed by atoms with Crippen molar-refractivity contribution in [3.05, 3.63) is 60.2 Å². The number of rotatable bonds is 10. The molecule has 0 aliphatic heterocycles. The predicted octanol–water partition coefficient (Wildman–Crippen LogP) is 4.08. The first-order valence-corrected chi connectivity index (χ1v) is 11.9. The van der Waals surface area contributed by atoms with E-state index in [4.69, 9.17) is 0 Å². The standard InChI is InChI=1S/C21H28N2O3S2/c1-4-23(5-2)28(25,26)20-13-11-18(12-14-20)17(3)22-21(24)15-16-27-19-9-7-6-8-10-19/h6-14,17H,4-5,15-16H2,1-3H3,(H,22,24). The van der Waals surface area contributed by atoms with Crippen LogP contribution in [0.1, 0.15) is 38.8 Å². The van der Waals surface area contributed by atoms with Crippen molar-refractivity contribution in [1.82, 2.24) is 9.62 Å². The van der Waals surface area contributed by atoms with Crippen molar-refractivity contribution in [3.8, 4) is 0 Å². The van der Waals surface area contributed by atoms with Crippen LogP contribution in [0.4, 0.5) is 0 Å². The average molecular weight is 421 g/mol. The van der Waals surface area contributed by atoms with Gasteiger partial charge in [-0.25, -0.2) is 8.42 Å². The van der Waals surface area contributed by atoms with Crippen molar-refractivity contribution < 1.29 is 13.2 Å². The van der Waals surface area contributed by atoms with E-state index in [1.807, 2.05) is 51.1 Å². The topological polar surface area (TPSA) is 66.5 Å². The number of hydrogen-bond acceptors (Lipinski definition) is 4. The molecule has 1 N–H and O–H groups in total. The highest BCUT2D eigenvalue weighted by Gasteiger charge is 2.21. The fraction of sp³-hybridized carbons (Fsp3) is 0.381. The first-order chi connectivity index (χ1) is 13.4. The fourth-order valence-corrected chi connectivity index (χ4v) is 5.15. The molecule has 1 atom stereocenters. The summed E-state index contributed by atoms with van der Waals surface area (Å²) >= 11 is 1.65. The number of nitrogens with zero attached hydrogens (tertiary/aromatic N) is 1. The fourth-order valence-electron chi connectivity index (χ4n) is 2.82. The number of carbonyl (C=O) groups is 1. The summed E-state index contributed by atoms with van der Waals surface area (Å²) in [5.41, 5.74) is 0.877. The highest BCUT2D eigenvalue weighted by atomic mass is 32.2. The number of sulfonamides is 1. The van der Waals surface area contributed by atoms with Crippen LogP contribution in [0, 0.1) is 0 Å². The molecule has 1 amide bonds. The maximum absolute atomic E-state index is 12.5. The predicted molar refractivity (Wildman–Crippen MR) is 115 cm³/mol. The summed E-state index contributed by atoms with van der Waals surface area (Å²) in [4.78, 5) is 13.6. The Hall–Kier alpha value is -1.83. The SMILES string of the molecule is CCN(CC)S(=O)(=O)c1ccc(C(C)NC(=O)CCSc2ccccc2)cc1. The third-order valence-electron chi connectivity index (χ3n) is 4.44. The summed E-state index contributed by atoms with van der Waals surface area (Å²) < 4.78 is 26.5. The molecule has 0 heterocycles. The summed E-state index contributed by atoms with van der Waals surface area (Å²) in [6.45, 7) is 6.42. The van der Waals surface area contributed by atoms with Crippen LogP contribution in [-0.4, -0.2) is 37.5 Å². The van der Waals surface area contributed by atoms with E-state index in [1.54, 1.807) is 36.0 Å². The van der Waals surface area contributed by atoms with Gasteiger partial charge in [0.25, 0.3) is 0 Å². The number of amides is 1. The van der Waals surface area contributed by atoms with Crippen molar-refractivity contribution in [3.63, 3.8) is 0 Å². The van der Waals surface area contributed by atoms with Crippen LogP contribution >= 0.6 is 11.8 Å². The minimum atomic E-state index is -3.46. The average Bonchev–Trinajstić information content (AvgIpc) is 2.69. The molecule has 2 rings (SSSR count). The van der Waals surface area contributed by atoms with Gasteiger partial charge in [0.05, 0.1) is 10.9 Å². The molecule has 2 aromatic rings. The van der Waals surface area contributed by atoms with Gasteiger partial charge >= 0.3 is 0 Å². The van der Waals surface area contributed by atoms with Crippen molar-refractivity contribution in [2.24, 2.45) is 0 Å². The third kappa shape index (κ3) is 6.09. The van der Waals surface area contributed by atoms with Gasteiger partial charge in [-0.3, -0.25) is 4.79 Å². The highest BCUT2D eigenvalue weighted by Crippen LogP contribution is 2.20. The molecule has 0 saturated carbocycles. The number of nitrogens with one attached hydrogen (secondary N) is 1. The van der Waals surface area contributed by atoms with Gasteiger partial charge < -0.3 is 5.32 Å². The Labute approximate surface area is 172 Å².